The van der Waals surface area contributed by atoms with Gasteiger partial charge in [-0.3, -0.25) is 4.79 Å². The van der Waals surface area contributed by atoms with Crippen molar-refractivity contribution in [2.24, 2.45) is 0 Å². The third-order valence-corrected chi connectivity index (χ3v) is 2.93. The van der Waals surface area contributed by atoms with Gasteiger partial charge in [-0.1, -0.05) is 30.3 Å². The first-order valence-electron chi connectivity index (χ1n) is 5.06. The third-order valence-electron chi connectivity index (χ3n) is 2.93. The first kappa shape index (κ1) is 9.25. The normalized spacial score (nSPS) is 23.1. The number of likely N-dealkylation sites (tertiary alicyclic amines) is 1. The number of hydrogen-bond donors (Lipinski definition) is 0. The Morgan fingerprint density at radius 1 is 1.36 bits per heavy atom. The summed E-state index contributed by atoms with van der Waals surface area (Å²) in [4.78, 5) is 13.3. The highest BCUT2D eigenvalue weighted by Crippen LogP contribution is 2.30. The molecule has 2 atom stereocenters. The Labute approximate surface area is 84.5 Å². The molecule has 1 saturated heterocycles. The highest BCUT2D eigenvalue weighted by Gasteiger charge is 2.36. The Hall–Kier alpha value is -1.31. The van der Waals surface area contributed by atoms with Crippen molar-refractivity contribution in [2.75, 3.05) is 0 Å². The summed E-state index contributed by atoms with van der Waals surface area (Å²) < 4.78 is 0. The minimum absolute atomic E-state index is 0.215. The van der Waals surface area contributed by atoms with Crippen LogP contribution in [0.2, 0.25) is 0 Å². The topological polar surface area (TPSA) is 20.3 Å². The molecular formula is C12H15NO. The Bertz CT molecular complexity index is 333. The molecule has 0 bridgehead atoms. The van der Waals surface area contributed by atoms with Crippen LogP contribution in [0.3, 0.4) is 0 Å². The van der Waals surface area contributed by atoms with E-state index in [2.05, 4.69) is 26.0 Å². The number of rotatable bonds is 2. The molecule has 2 nitrogen and oxygen atoms in total. The van der Waals surface area contributed by atoms with Crippen molar-refractivity contribution in [3.8, 4) is 0 Å². The van der Waals surface area contributed by atoms with Crippen molar-refractivity contribution >= 4 is 5.91 Å². The van der Waals surface area contributed by atoms with Gasteiger partial charge in [-0.25, -0.2) is 0 Å². The summed E-state index contributed by atoms with van der Waals surface area (Å²) in [5, 5.41) is 0. The van der Waals surface area contributed by atoms with E-state index in [-0.39, 0.29) is 11.9 Å². The quantitative estimate of drug-likeness (QED) is 0.654. The van der Waals surface area contributed by atoms with Gasteiger partial charge in [-0.15, -0.1) is 0 Å². The number of carbonyl (C=O) groups excluding carboxylic acids is 1. The predicted octanol–water partition coefficient (Wildman–Crippen LogP) is 2.37. The lowest BCUT2D eigenvalue weighted by atomic mass is 9.97. The number of benzene rings is 1. The van der Waals surface area contributed by atoms with E-state index >= 15 is 0 Å². The van der Waals surface area contributed by atoms with Crippen molar-refractivity contribution in [3.63, 3.8) is 0 Å². The van der Waals surface area contributed by atoms with Crippen LogP contribution >= 0.6 is 0 Å². The van der Waals surface area contributed by atoms with E-state index in [9.17, 15) is 4.79 Å². The molecule has 0 N–H and O–H groups in total. The second kappa shape index (κ2) is 3.45. The van der Waals surface area contributed by atoms with E-state index in [4.69, 9.17) is 0 Å². The van der Waals surface area contributed by atoms with Gasteiger partial charge in [0.05, 0.1) is 6.04 Å². The summed E-state index contributed by atoms with van der Waals surface area (Å²) in [5.74, 6) is 0.272. The van der Waals surface area contributed by atoms with Gasteiger partial charge in [0.1, 0.15) is 0 Å². The van der Waals surface area contributed by atoms with E-state index in [1.54, 1.807) is 0 Å². The highest BCUT2D eigenvalue weighted by molar-refractivity contribution is 5.83. The van der Waals surface area contributed by atoms with Crippen LogP contribution in [-0.4, -0.2) is 16.8 Å². The fourth-order valence-electron chi connectivity index (χ4n) is 2.08. The molecule has 1 amide bonds. The number of carbonyl (C=O) groups is 1. The number of amides is 1. The Balaban J connectivity index is 2.16. The van der Waals surface area contributed by atoms with Crippen LogP contribution in [0, 0.1) is 0 Å². The molecule has 1 aliphatic heterocycles. The summed E-state index contributed by atoms with van der Waals surface area (Å²) in [7, 11) is 0. The van der Waals surface area contributed by atoms with Crippen LogP contribution in [0.1, 0.15) is 31.9 Å². The van der Waals surface area contributed by atoms with Crippen LogP contribution in [0.4, 0.5) is 0 Å². The first-order chi connectivity index (χ1) is 6.70. The molecule has 2 heteroatoms. The van der Waals surface area contributed by atoms with Gasteiger partial charge in [0.15, 0.2) is 0 Å². The fourth-order valence-corrected chi connectivity index (χ4v) is 2.08. The van der Waals surface area contributed by atoms with Gasteiger partial charge in [-0.05, 0) is 19.4 Å². The van der Waals surface area contributed by atoms with Gasteiger partial charge >= 0.3 is 0 Å². The summed E-state index contributed by atoms with van der Waals surface area (Å²) in [6.45, 7) is 4.18. The number of hydrogen-bond acceptors (Lipinski definition) is 1. The number of nitrogens with zero attached hydrogens (tertiary/aromatic N) is 1. The molecule has 0 aromatic heterocycles. The lowest BCUT2D eigenvalue weighted by Crippen LogP contribution is -2.51. The van der Waals surface area contributed by atoms with E-state index in [1.165, 1.54) is 5.56 Å². The lowest BCUT2D eigenvalue weighted by Gasteiger charge is -2.43. The van der Waals surface area contributed by atoms with E-state index in [0.717, 1.165) is 0 Å². The maximum atomic E-state index is 11.4. The van der Waals surface area contributed by atoms with Crippen LogP contribution in [-0.2, 0) is 4.79 Å². The smallest absolute Gasteiger partial charge is 0.225 e. The third kappa shape index (κ3) is 1.41. The fraction of sp³-hybridized carbons (Fsp3) is 0.417. The highest BCUT2D eigenvalue weighted by atomic mass is 16.2. The zero-order chi connectivity index (χ0) is 10.1. The molecule has 14 heavy (non-hydrogen) atoms. The standard InChI is InChI=1S/C12H15NO/c1-9-8-12(14)13(9)10(2)11-6-4-3-5-7-11/h3-7,9-10H,8H2,1-2H3. The second-order valence-electron chi connectivity index (χ2n) is 3.94. The first-order valence-corrected chi connectivity index (χ1v) is 5.06. The maximum Gasteiger partial charge on any atom is 0.225 e. The molecule has 0 radical (unpaired) electrons. The van der Waals surface area contributed by atoms with Crippen molar-refractivity contribution in [3.05, 3.63) is 35.9 Å². The second-order valence-corrected chi connectivity index (χ2v) is 3.94. The average molecular weight is 189 g/mol. The van der Waals surface area contributed by atoms with Crippen LogP contribution < -0.4 is 0 Å². The lowest BCUT2D eigenvalue weighted by molar-refractivity contribution is -0.148. The minimum Gasteiger partial charge on any atom is -0.333 e. The number of β-lactam (4-membered cyclic amide) rings is 1. The van der Waals surface area contributed by atoms with E-state index < -0.39 is 0 Å². The Morgan fingerprint density at radius 2 is 2.00 bits per heavy atom. The molecular weight excluding hydrogens is 174 g/mol. The molecule has 1 aliphatic rings. The van der Waals surface area contributed by atoms with Crippen LogP contribution in [0.15, 0.2) is 30.3 Å². The molecule has 0 saturated carbocycles. The molecule has 1 fully saturated rings. The van der Waals surface area contributed by atoms with Crippen molar-refractivity contribution in [1.82, 2.24) is 4.90 Å². The van der Waals surface area contributed by atoms with Crippen molar-refractivity contribution in [1.29, 1.82) is 0 Å². The molecule has 1 aromatic rings. The van der Waals surface area contributed by atoms with Crippen LogP contribution in [0.25, 0.3) is 0 Å². The van der Waals surface area contributed by atoms with Crippen molar-refractivity contribution in [2.45, 2.75) is 32.4 Å². The molecule has 0 aliphatic carbocycles. The maximum absolute atomic E-state index is 11.4. The van der Waals surface area contributed by atoms with Gasteiger partial charge in [0, 0.05) is 12.5 Å². The summed E-state index contributed by atoms with van der Waals surface area (Å²) in [6.07, 6.45) is 0.706. The zero-order valence-electron chi connectivity index (χ0n) is 8.60. The SMILES string of the molecule is CC1CC(=O)N1C(C)c1ccccc1. The summed E-state index contributed by atoms with van der Waals surface area (Å²) >= 11 is 0. The van der Waals surface area contributed by atoms with Gasteiger partial charge in [0.2, 0.25) is 5.91 Å². The molecule has 2 rings (SSSR count). The molecule has 1 aromatic carbocycles. The largest absolute Gasteiger partial charge is 0.333 e. The van der Waals surface area contributed by atoms with Crippen LogP contribution in [0.5, 0.6) is 0 Å². The monoisotopic (exact) mass is 189 g/mol. The van der Waals surface area contributed by atoms with Gasteiger partial charge < -0.3 is 4.90 Å². The minimum atomic E-state index is 0.215. The molecule has 0 spiro atoms. The zero-order valence-corrected chi connectivity index (χ0v) is 8.60. The average Bonchev–Trinajstić information content (AvgIpc) is 2.18. The predicted molar refractivity (Wildman–Crippen MR) is 55.8 cm³/mol. The van der Waals surface area contributed by atoms with Gasteiger partial charge in [-0.2, -0.15) is 0 Å². The Morgan fingerprint density at radius 3 is 2.50 bits per heavy atom. The molecule has 2 unspecified atom stereocenters. The van der Waals surface area contributed by atoms with E-state index in [1.807, 2.05) is 23.1 Å². The van der Waals surface area contributed by atoms with Crippen molar-refractivity contribution < 1.29 is 4.79 Å². The molecule has 1 heterocycles. The summed E-state index contributed by atoms with van der Waals surface area (Å²) in [5.41, 5.74) is 1.22. The van der Waals surface area contributed by atoms with E-state index in [0.29, 0.717) is 12.5 Å². The summed E-state index contributed by atoms with van der Waals surface area (Å²) in [6, 6.07) is 10.8. The Kier molecular flexibility index (Phi) is 2.28. The van der Waals surface area contributed by atoms with Gasteiger partial charge in [0.25, 0.3) is 0 Å². The molecule has 74 valence electrons.